The maximum absolute atomic E-state index is 15.2. The molecule has 0 spiro atoms. The van der Waals surface area contributed by atoms with Gasteiger partial charge in [0.05, 0.1) is 11.1 Å². The smallest absolute Gasteiger partial charge is 0.322 e. The van der Waals surface area contributed by atoms with E-state index in [1.165, 1.54) is 12.4 Å². The number of fused-ring (bicyclic) bond motifs is 1. The third kappa shape index (κ3) is 3.59. The van der Waals surface area contributed by atoms with Crippen molar-refractivity contribution in [2.24, 2.45) is 7.05 Å². The summed E-state index contributed by atoms with van der Waals surface area (Å²) in [7, 11) is 1.88. The zero-order valence-electron chi connectivity index (χ0n) is 18.0. The Morgan fingerprint density at radius 1 is 0.939 bits per heavy atom. The highest BCUT2D eigenvalue weighted by molar-refractivity contribution is 6.07. The fourth-order valence-corrected chi connectivity index (χ4v) is 3.85. The number of anilines is 2. The number of benzene rings is 2. The molecule has 0 bridgehead atoms. The van der Waals surface area contributed by atoms with E-state index in [1.54, 1.807) is 31.3 Å². The van der Waals surface area contributed by atoms with Crippen molar-refractivity contribution in [3.63, 3.8) is 0 Å². The Labute approximate surface area is 188 Å². The Morgan fingerprint density at radius 3 is 2.42 bits per heavy atom. The highest BCUT2D eigenvalue weighted by atomic mass is 19.1. The second-order valence-corrected chi connectivity index (χ2v) is 7.59. The van der Waals surface area contributed by atoms with Gasteiger partial charge in [0.2, 0.25) is 0 Å². The zero-order valence-corrected chi connectivity index (χ0v) is 18.0. The summed E-state index contributed by atoms with van der Waals surface area (Å²) in [5, 5.41) is 0.641. The normalized spacial score (nSPS) is 11.1. The molecule has 0 fully saturated rings. The monoisotopic (exact) mass is 441 g/mol. The first kappa shape index (κ1) is 20.4. The Kier molecular flexibility index (Phi) is 4.86. The summed E-state index contributed by atoms with van der Waals surface area (Å²) >= 11 is 0. The third-order valence-electron chi connectivity index (χ3n) is 5.38. The largest absolute Gasteiger partial charge is 0.421 e. The van der Waals surface area contributed by atoms with Crippen LogP contribution in [-0.2, 0) is 7.05 Å². The lowest BCUT2D eigenvalue weighted by molar-refractivity contribution is 0.410. The van der Waals surface area contributed by atoms with Gasteiger partial charge in [0.1, 0.15) is 17.8 Å². The highest BCUT2D eigenvalue weighted by Gasteiger charge is 2.22. The van der Waals surface area contributed by atoms with E-state index >= 15 is 4.39 Å². The molecule has 0 atom stereocenters. The molecular weight excluding hydrogens is 421 g/mol. The molecule has 2 aromatic carbocycles. The van der Waals surface area contributed by atoms with E-state index in [9.17, 15) is 0 Å². The molecule has 164 valence electrons. The lowest BCUT2D eigenvalue weighted by Gasteiger charge is -2.11. The van der Waals surface area contributed by atoms with Crippen LogP contribution in [0.3, 0.4) is 0 Å². The molecule has 33 heavy (non-hydrogen) atoms. The molecule has 0 radical (unpaired) electrons. The lowest BCUT2D eigenvalue weighted by atomic mass is 9.98. The van der Waals surface area contributed by atoms with Crippen LogP contribution < -0.4 is 16.2 Å². The van der Waals surface area contributed by atoms with Crippen molar-refractivity contribution in [1.82, 2.24) is 24.5 Å². The number of nitrogen functional groups attached to an aromatic ring is 2. The summed E-state index contributed by atoms with van der Waals surface area (Å²) < 4.78 is 22.6. The molecule has 0 saturated carbocycles. The fourth-order valence-electron chi connectivity index (χ4n) is 3.85. The maximum Gasteiger partial charge on any atom is 0.322 e. The third-order valence-corrected chi connectivity index (χ3v) is 5.38. The van der Waals surface area contributed by atoms with Crippen molar-refractivity contribution in [2.45, 2.75) is 6.92 Å². The van der Waals surface area contributed by atoms with Crippen molar-refractivity contribution < 1.29 is 9.13 Å². The van der Waals surface area contributed by atoms with Gasteiger partial charge >= 0.3 is 6.01 Å². The molecule has 4 N–H and O–H groups in total. The minimum absolute atomic E-state index is 0.0165. The molecule has 5 aromatic rings. The highest BCUT2D eigenvalue weighted by Crippen LogP contribution is 2.42. The summed E-state index contributed by atoms with van der Waals surface area (Å²) in [5.74, 6) is -0.239. The van der Waals surface area contributed by atoms with Gasteiger partial charge in [-0.1, -0.05) is 18.2 Å². The van der Waals surface area contributed by atoms with Crippen LogP contribution in [0.4, 0.5) is 15.9 Å². The minimum atomic E-state index is -0.562. The molecule has 9 heteroatoms. The average molecular weight is 441 g/mol. The van der Waals surface area contributed by atoms with Crippen LogP contribution in [0.1, 0.15) is 5.69 Å². The van der Waals surface area contributed by atoms with Crippen LogP contribution in [-0.4, -0.2) is 24.5 Å². The van der Waals surface area contributed by atoms with Gasteiger partial charge in [-0.15, -0.1) is 0 Å². The van der Waals surface area contributed by atoms with Gasteiger partial charge in [0.25, 0.3) is 0 Å². The molecule has 0 amide bonds. The molecule has 3 heterocycles. The lowest BCUT2D eigenvalue weighted by Crippen LogP contribution is -1.96. The van der Waals surface area contributed by atoms with Crippen molar-refractivity contribution in [2.75, 3.05) is 11.5 Å². The maximum atomic E-state index is 15.2. The SMILES string of the molecule is Cc1ccnc(Oc2ccc(-c3c(-c4ccc(N)cc4)n(C)c4ncnc(N)c34)cc2F)n1. The molecule has 0 saturated heterocycles. The van der Waals surface area contributed by atoms with Crippen LogP contribution in [0.15, 0.2) is 61.1 Å². The number of halogens is 1. The van der Waals surface area contributed by atoms with Crippen LogP contribution in [0.5, 0.6) is 11.8 Å². The number of hydrogen-bond acceptors (Lipinski definition) is 7. The van der Waals surface area contributed by atoms with E-state index in [1.807, 2.05) is 35.9 Å². The van der Waals surface area contributed by atoms with E-state index in [-0.39, 0.29) is 11.8 Å². The minimum Gasteiger partial charge on any atom is -0.421 e. The van der Waals surface area contributed by atoms with Gasteiger partial charge in [-0.2, -0.15) is 0 Å². The van der Waals surface area contributed by atoms with E-state index in [0.717, 1.165) is 17.0 Å². The Bertz CT molecular complexity index is 1500. The van der Waals surface area contributed by atoms with Gasteiger partial charge < -0.3 is 20.8 Å². The number of rotatable bonds is 4. The van der Waals surface area contributed by atoms with Gasteiger partial charge in [0, 0.05) is 30.2 Å². The quantitative estimate of drug-likeness (QED) is 0.394. The number of hydrogen-bond donors (Lipinski definition) is 2. The second kappa shape index (κ2) is 7.86. The molecule has 8 nitrogen and oxygen atoms in total. The Balaban J connectivity index is 1.69. The van der Waals surface area contributed by atoms with Gasteiger partial charge in [-0.25, -0.2) is 24.3 Å². The van der Waals surface area contributed by atoms with E-state index in [4.69, 9.17) is 16.2 Å². The van der Waals surface area contributed by atoms with Crippen molar-refractivity contribution in [1.29, 1.82) is 0 Å². The molecular formula is C24H20FN7O. The zero-order chi connectivity index (χ0) is 23.1. The molecule has 0 unspecified atom stereocenters. The van der Waals surface area contributed by atoms with Gasteiger partial charge in [-0.3, -0.25) is 0 Å². The predicted molar refractivity (Wildman–Crippen MR) is 125 cm³/mol. The predicted octanol–water partition coefficient (Wildman–Crippen LogP) is 4.50. The van der Waals surface area contributed by atoms with E-state index in [2.05, 4.69) is 19.9 Å². The summed E-state index contributed by atoms with van der Waals surface area (Å²) in [5.41, 5.74) is 17.1. The van der Waals surface area contributed by atoms with Crippen LogP contribution >= 0.6 is 0 Å². The summed E-state index contributed by atoms with van der Waals surface area (Å²) in [4.78, 5) is 16.8. The van der Waals surface area contributed by atoms with Crippen LogP contribution in [0.25, 0.3) is 33.4 Å². The standard InChI is InChI=1S/C24H20FN7O/c1-13-9-10-28-24(31-13)33-18-8-5-15(11-17(18)25)19-20-22(27)29-12-30-23(20)32(2)21(19)14-3-6-16(26)7-4-14/h3-12H,26H2,1-2H3,(H2,27,29,30). The number of nitrogens with zero attached hydrogens (tertiary/aromatic N) is 5. The van der Waals surface area contributed by atoms with Crippen molar-refractivity contribution in [3.8, 4) is 34.1 Å². The first-order valence-electron chi connectivity index (χ1n) is 10.1. The molecule has 0 aliphatic rings. The molecule has 0 aliphatic heterocycles. The van der Waals surface area contributed by atoms with Crippen molar-refractivity contribution in [3.05, 3.63) is 72.6 Å². The van der Waals surface area contributed by atoms with Crippen molar-refractivity contribution >= 4 is 22.5 Å². The first-order valence-corrected chi connectivity index (χ1v) is 10.1. The van der Waals surface area contributed by atoms with E-state index < -0.39 is 5.82 Å². The summed E-state index contributed by atoms with van der Waals surface area (Å²) in [6.07, 6.45) is 2.97. The van der Waals surface area contributed by atoms with Gasteiger partial charge in [0.15, 0.2) is 11.6 Å². The molecule has 3 aromatic heterocycles. The average Bonchev–Trinajstić information content (AvgIpc) is 3.09. The summed E-state index contributed by atoms with van der Waals surface area (Å²) in [6, 6.07) is 13.9. The molecule has 0 aliphatic carbocycles. The number of aryl methyl sites for hydroxylation is 2. The summed E-state index contributed by atoms with van der Waals surface area (Å²) in [6.45, 7) is 1.81. The van der Waals surface area contributed by atoms with Gasteiger partial charge in [-0.05, 0) is 48.4 Å². The number of nitrogens with two attached hydrogens (primary N) is 2. The Morgan fingerprint density at radius 2 is 1.70 bits per heavy atom. The topological polar surface area (TPSA) is 118 Å². The van der Waals surface area contributed by atoms with E-state index in [0.29, 0.717) is 33.7 Å². The van der Waals surface area contributed by atoms with Crippen LogP contribution in [0.2, 0.25) is 0 Å². The second-order valence-electron chi connectivity index (χ2n) is 7.59. The Hall–Kier alpha value is -4.53. The fraction of sp³-hybridized carbons (Fsp3) is 0.0833. The number of aromatic nitrogens is 5. The molecule has 5 rings (SSSR count). The van der Waals surface area contributed by atoms with Crippen LogP contribution in [0, 0.1) is 12.7 Å². The first-order chi connectivity index (χ1) is 15.9. The number of ether oxygens (including phenoxy) is 1.